The molecular formula is C27H25F3N6O3. The standard InChI is InChI=1S/C27H25F3N6O3/c28-27(29,30)17-35-16-18(14-32-35)19-4-3-5-20-24(19)31-15-21(25(20)34-8-11-38-12-9-34)26(37)33-36-10-13-39-23-7-2-1-6-22(23)36/h1-7,14-16H,8-13,17H2,(H,33,37). The number of morpholine rings is 1. The Bertz CT molecular complexity index is 1520. The lowest BCUT2D eigenvalue weighted by molar-refractivity contribution is -0.142. The predicted octanol–water partition coefficient (Wildman–Crippen LogP) is 4.04. The van der Waals surface area contributed by atoms with Gasteiger partial charge in [0.1, 0.15) is 18.9 Å². The lowest BCUT2D eigenvalue weighted by Crippen LogP contribution is -2.47. The summed E-state index contributed by atoms with van der Waals surface area (Å²) in [7, 11) is 0. The van der Waals surface area contributed by atoms with E-state index in [2.05, 4.69) is 20.4 Å². The van der Waals surface area contributed by atoms with E-state index in [0.717, 1.165) is 10.4 Å². The average Bonchev–Trinajstić information content (AvgIpc) is 3.39. The number of benzene rings is 2. The van der Waals surface area contributed by atoms with Crippen molar-refractivity contribution in [2.75, 3.05) is 49.4 Å². The molecule has 0 atom stereocenters. The highest BCUT2D eigenvalue weighted by Crippen LogP contribution is 2.36. The SMILES string of the molecule is O=C(NN1CCOc2ccccc21)c1cnc2c(-c3cnn(CC(F)(F)F)c3)cccc2c1N1CCOCC1. The summed E-state index contributed by atoms with van der Waals surface area (Å²) in [6, 6.07) is 12.9. The first-order valence-corrected chi connectivity index (χ1v) is 12.5. The molecule has 2 aliphatic heterocycles. The number of nitrogens with one attached hydrogen (secondary N) is 1. The Morgan fingerprint density at radius 3 is 2.64 bits per heavy atom. The molecular weight excluding hydrogens is 513 g/mol. The van der Waals surface area contributed by atoms with Crippen molar-refractivity contribution in [1.29, 1.82) is 0 Å². The zero-order valence-electron chi connectivity index (χ0n) is 20.8. The van der Waals surface area contributed by atoms with Gasteiger partial charge >= 0.3 is 6.18 Å². The number of aromatic nitrogens is 3. The molecule has 0 spiro atoms. The molecule has 4 heterocycles. The first-order chi connectivity index (χ1) is 18.9. The van der Waals surface area contributed by atoms with Crippen LogP contribution >= 0.6 is 0 Å². The Morgan fingerprint density at radius 1 is 1.00 bits per heavy atom. The van der Waals surface area contributed by atoms with Crippen LogP contribution in [0.2, 0.25) is 0 Å². The first kappa shape index (κ1) is 25.0. The molecule has 0 aliphatic carbocycles. The number of fused-ring (bicyclic) bond motifs is 2. The lowest BCUT2D eigenvalue weighted by atomic mass is 10.0. The molecule has 1 saturated heterocycles. The topological polar surface area (TPSA) is 84.8 Å². The normalized spacial score (nSPS) is 15.7. The van der Waals surface area contributed by atoms with Gasteiger partial charge in [-0.3, -0.25) is 24.9 Å². The van der Waals surface area contributed by atoms with E-state index in [1.54, 1.807) is 11.1 Å². The molecule has 1 N–H and O–H groups in total. The van der Waals surface area contributed by atoms with Crippen LogP contribution in [-0.2, 0) is 11.3 Å². The number of halogens is 3. The number of alkyl halides is 3. The molecule has 4 aromatic rings. The molecule has 39 heavy (non-hydrogen) atoms. The molecule has 202 valence electrons. The van der Waals surface area contributed by atoms with Gasteiger partial charge in [-0.05, 0) is 12.1 Å². The molecule has 0 unspecified atom stereocenters. The van der Waals surface area contributed by atoms with Crippen LogP contribution in [0.3, 0.4) is 0 Å². The molecule has 2 aliphatic rings. The summed E-state index contributed by atoms with van der Waals surface area (Å²) >= 11 is 0. The maximum Gasteiger partial charge on any atom is 0.408 e. The first-order valence-electron chi connectivity index (χ1n) is 12.5. The van der Waals surface area contributed by atoms with Gasteiger partial charge in [0.25, 0.3) is 5.91 Å². The summed E-state index contributed by atoms with van der Waals surface area (Å²) in [4.78, 5) is 20.4. The van der Waals surface area contributed by atoms with Gasteiger partial charge in [0.2, 0.25) is 0 Å². The van der Waals surface area contributed by atoms with Crippen molar-refractivity contribution >= 4 is 28.2 Å². The minimum absolute atomic E-state index is 0.328. The Morgan fingerprint density at radius 2 is 1.82 bits per heavy atom. The number of pyridine rings is 1. The Kier molecular flexibility index (Phi) is 6.47. The van der Waals surface area contributed by atoms with Crippen LogP contribution in [-0.4, -0.2) is 66.3 Å². The van der Waals surface area contributed by atoms with Crippen molar-refractivity contribution in [3.8, 4) is 16.9 Å². The third kappa shape index (κ3) is 5.07. The highest BCUT2D eigenvalue weighted by molar-refractivity contribution is 6.10. The molecule has 2 aromatic heterocycles. The van der Waals surface area contributed by atoms with Gasteiger partial charge in [-0.25, -0.2) is 0 Å². The van der Waals surface area contributed by atoms with Gasteiger partial charge in [-0.2, -0.15) is 18.3 Å². The maximum absolute atomic E-state index is 13.7. The summed E-state index contributed by atoms with van der Waals surface area (Å²) in [5, 5.41) is 6.37. The number of anilines is 2. The number of nitrogens with zero attached hydrogens (tertiary/aromatic N) is 5. The average molecular weight is 539 g/mol. The summed E-state index contributed by atoms with van der Waals surface area (Å²) in [6.45, 7) is 1.88. The largest absolute Gasteiger partial charge is 0.489 e. The van der Waals surface area contributed by atoms with Crippen LogP contribution in [0.4, 0.5) is 24.5 Å². The van der Waals surface area contributed by atoms with Crippen molar-refractivity contribution in [1.82, 2.24) is 20.2 Å². The van der Waals surface area contributed by atoms with E-state index >= 15 is 0 Å². The van der Waals surface area contributed by atoms with Crippen molar-refractivity contribution in [2.45, 2.75) is 12.7 Å². The maximum atomic E-state index is 13.7. The predicted molar refractivity (Wildman–Crippen MR) is 139 cm³/mol. The van der Waals surface area contributed by atoms with E-state index in [-0.39, 0.29) is 5.91 Å². The minimum Gasteiger partial charge on any atom is -0.489 e. The smallest absolute Gasteiger partial charge is 0.408 e. The van der Waals surface area contributed by atoms with E-state index in [0.29, 0.717) is 78.5 Å². The Hall–Kier alpha value is -4.32. The fourth-order valence-electron chi connectivity index (χ4n) is 4.98. The molecule has 0 radical (unpaired) electrons. The van der Waals surface area contributed by atoms with Crippen LogP contribution in [0.25, 0.3) is 22.0 Å². The van der Waals surface area contributed by atoms with Crippen LogP contribution in [0, 0.1) is 0 Å². The number of ether oxygens (including phenoxy) is 2. The highest BCUT2D eigenvalue weighted by Gasteiger charge is 2.29. The highest BCUT2D eigenvalue weighted by atomic mass is 19.4. The molecule has 1 fully saturated rings. The third-order valence-corrected chi connectivity index (χ3v) is 6.69. The van der Waals surface area contributed by atoms with Gasteiger partial charge in [-0.15, -0.1) is 0 Å². The van der Waals surface area contributed by atoms with Gasteiger partial charge in [0, 0.05) is 42.0 Å². The summed E-state index contributed by atoms with van der Waals surface area (Å²) in [6.07, 6.45) is -0.104. The van der Waals surface area contributed by atoms with E-state index in [4.69, 9.17) is 9.47 Å². The number of hydrazine groups is 1. The fraction of sp³-hybridized carbons (Fsp3) is 0.296. The van der Waals surface area contributed by atoms with Crippen molar-refractivity contribution in [2.24, 2.45) is 0 Å². The molecule has 12 heteroatoms. The summed E-state index contributed by atoms with van der Waals surface area (Å²) < 4.78 is 50.8. The molecule has 9 nitrogen and oxygen atoms in total. The van der Waals surface area contributed by atoms with Crippen LogP contribution in [0.15, 0.2) is 61.1 Å². The Labute approximate surface area is 221 Å². The number of rotatable bonds is 5. The molecule has 0 saturated carbocycles. The van der Waals surface area contributed by atoms with E-state index in [1.807, 2.05) is 36.4 Å². The molecule has 2 aromatic carbocycles. The van der Waals surface area contributed by atoms with Gasteiger partial charge in [-0.1, -0.05) is 30.3 Å². The lowest BCUT2D eigenvalue weighted by Gasteiger charge is -2.33. The third-order valence-electron chi connectivity index (χ3n) is 6.69. The summed E-state index contributed by atoms with van der Waals surface area (Å²) in [5.74, 6) is 0.357. The second-order valence-corrected chi connectivity index (χ2v) is 9.27. The summed E-state index contributed by atoms with van der Waals surface area (Å²) in [5.41, 5.74) is 6.56. The fourth-order valence-corrected chi connectivity index (χ4v) is 4.98. The van der Waals surface area contributed by atoms with E-state index < -0.39 is 12.7 Å². The molecule has 1 amide bonds. The van der Waals surface area contributed by atoms with Gasteiger partial charge in [0.15, 0.2) is 0 Å². The number of hydrogen-bond acceptors (Lipinski definition) is 7. The van der Waals surface area contributed by atoms with Crippen LogP contribution < -0.4 is 20.1 Å². The number of amides is 1. The van der Waals surface area contributed by atoms with E-state index in [1.165, 1.54) is 18.6 Å². The van der Waals surface area contributed by atoms with E-state index in [9.17, 15) is 18.0 Å². The zero-order valence-corrected chi connectivity index (χ0v) is 20.8. The van der Waals surface area contributed by atoms with Crippen LogP contribution in [0.5, 0.6) is 5.75 Å². The molecule has 6 rings (SSSR count). The van der Waals surface area contributed by atoms with Gasteiger partial charge < -0.3 is 14.4 Å². The second kappa shape index (κ2) is 10.1. The van der Waals surface area contributed by atoms with Crippen LogP contribution in [0.1, 0.15) is 10.4 Å². The van der Waals surface area contributed by atoms with Gasteiger partial charge in [0.05, 0.1) is 48.4 Å². The Balaban J connectivity index is 1.40. The number of carbonyl (C=O) groups is 1. The second-order valence-electron chi connectivity index (χ2n) is 9.27. The number of para-hydroxylation sites is 3. The van der Waals surface area contributed by atoms with Crippen molar-refractivity contribution < 1.29 is 27.4 Å². The monoisotopic (exact) mass is 538 g/mol. The number of hydrogen-bond donors (Lipinski definition) is 1. The molecule has 0 bridgehead atoms. The van der Waals surface area contributed by atoms with Crippen molar-refractivity contribution in [3.63, 3.8) is 0 Å². The van der Waals surface area contributed by atoms with Crippen molar-refractivity contribution in [3.05, 3.63) is 66.6 Å². The quantitative estimate of drug-likeness (QED) is 0.411. The number of carbonyl (C=O) groups excluding carboxylic acids is 1. The minimum atomic E-state index is -4.38. The zero-order chi connectivity index (χ0) is 27.0.